The lowest BCUT2D eigenvalue weighted by molar-refractivity contribution is 0.145. The lowest BCUT2D eigenvalue weighted by Gasteiger charge is -2.24. The maximum absolute atomic E-state index is 13.2. The van der Waals surface area contributed by atoms with Crippen LogP contribution in [0.1, 0.15) is 50.7 Å². The minimum absolute atomic E-state index is 0.0435. The van der Waals surface area contributed by atoms with Gasteiger partial charge in [-0.05, 0) is 43.4 Å². The lowest BCUT2D eigenvalue weighted by Crippen LogP contribution is -2.40. The van der Waals surface area contributed by atoms with Crippen molar-refractivity contribution in [3.8, 4) is 0 Å². The van der Waals surface area contributed by atoms with Crippen LogP contribution in [-0.4, -0.2) is 25.3 Å². The van der Waals surface area contributed by atoms with Gasteiger partial charge in [-0.2, -0.15) is 0 Å². The first-order valence-corrected chi connectivity index (χ1v) is 9.57. The van der Waals surface area contributed by atoms with Crippen LogP contribution in [0, 0.1) is 17.6 Å². The maximum Gasteiger partial charge on any atom is 0.212 e. The van der Waals surface area contributed by atoms with Crippen LogP contribution in [0.15, 0.2) is 18.2 Å². The van der Waals surface area contributed by atoms with Crippen molar-refractivity contribution in [1.82, 2.24) is 4.72 Å². The van der Waals surface area contributed by atoms with Crippen molar-refractivity contribution < 1.29 is 22.3 Å². The van der Waals surface area contributed by atoms with Crippen molar-refractivity contribution in [3.63, 3.8) is 0 Å². The van der Waals surface area contributed by atoms with Crippen molar-refractivity contribution in [2.45, 2.75) is 51.2 Å². The number of benzene rings is 1. The summed E-state index contributed by atoms with van der Waals surface area (Å²) in [4.78, 5) is 0. The number of rotatable bonds is 6. The topological polar surface area (TPSA) is 66.4 Å². The molecule has 2 unspecified atom stereocenters. The summed E-state index contributed by atoms with van der Waals surface area (Å²) in [6.45, 7) is 1.50. The summed E-state index contributed by atoms with van der Waals surface area (Å²) in [6.07, 6.45) is 3.81. The van der Waals surface area contributed by atoms with Gasteiger partial charge in [0.25, 0.3) is 0 Å². The van der Waals surface area contributed by atoms with E-state index in [1.54, 1.807) is 0 Å². The highest BCUT2D eigenvalue weighted by atomic mass is 32.2. The summed E-state index contributed by atoms with van der Waals surface area (Å²) in [7, 11) is -3.53. The van der Waals surface area contributed by atoms with Gasteiger partial charge >= 0.3 is 0 Å². The molecule has 1 aliphatic rings. The molecule has 130 valence electrons. The molecule has 0 bridgehead atoms. The molecule has 0 saturated heterocycles. The number of hydrogen-bond donors (Lipinski definition) is 2. The Hall–Kier alpha value is -1.05. The average molecular weight is 347 g/mol. The molecule has 0 spiro atoms. The van der Waals surface area contributed by atoms with Gasteiger partial charge in [0.05, 0.1) is 11.9 Å². The van der Waals surface area contributed by atoms with E-state index in [1.165, 1.54) is 13.0 Å². The summed E-state index contributed by atoms with van der Waals surface area (Å²) in [6, 6.07) is 2.21. The van der Waals surface area contributed by atoms with Gasteiger partial charge in [-0.1, -0.05) is 25.3 Å². The Morgan fingerprint density at radius 1 is 1.22 bits per heavy atom. The first kappa shape index (κ1) is 18.3. The number of halogens is 2. The molecule has 0 heterocycles. The summed E-state index contributed by atoms with van der Waals surface area (Å²) < 4.78 is 53.0. The van der Waals surface area contributed by atoms with Gasteiger partial charge in [-0.15, -0.1) is 0 Å². The lowest BCUT2D eigenvalue weighted by atomic mass is 9.91. The van der Waals surface area contributed by atoms with Gasteiger partial charge in [0.1, 0.15) is 0 Å². The predicted molar refractivity (Wildman–Crippen MR) is 84.3 cm³/mol. The monoisotopic (exact) mass is 347 g/mol. The molecule has 0 aliphatic heterocycles. The quantitative estimate of drug-likeness (QED) is 0.831. The number of nitrogens with one attached hydrogen (secondary N) is 1. The zero-order valence-electron chi connectivity index (χ0n) is 13.1. The van der Waals surface area contributed by atoms with Crippen LogP contribution in [0.3, 0.4) is 0 Å². The highest BCUT2D eigenvalue weighted by Gasteiger charge is 2.26. The normalized spacial score (nSPS) is 19.5. The summed E-state index contributed by atoms with van der Waals surface area (Å²) in [5.41, 5.74) is 0.136. The van der Waals surface area contributed by atoms with E-state index in [4.69, 9.17) is 0 Å². The summed E-state index contributed by atoms with van der Waals surface area (Å²) in [5.74, 6) is -1.89. The van der Waals surface area contributed by atoms with E-state index in [0.717, 1.165) is 44.2 Å². The first-order chi connectivity index (χ1) is 10.8. The molecule has 7 heteroatoms. The van der Waals surface area contributed by atoms with E-state index < -0.39 is 33.8 Å². The molecule has 1 aromatic rings. The third kappa shape index (κ3) is 5.22. The van der Waals surface area contributed by atoms with Crippen LogP contribution >= 0.6 is 0 Å². The van der Waals surface area contributed by atoms with Crippen molar-refractivity contribution in [3.05, 3.63) is 35.4 Å². The Kier molecular flexibility index (Phi) is 6.11. The molecule has 0 radical (unpaired) electrons. The molecule has 2 N–H and O–H groups in total. The number of aliphatic hydroxyl groups excluding tert-OH is 1. The van der Waals surface area contributed by atoms with Crippen molar-refractivity contribution >= 4 is 10.0 Å². The zero-order valence-corrected chi connectivity index (χ0v) is 14.0. The standard InChI is InChI=1S/C16H23F2NO3S/c1-11(16(20)13-7-8-14(17)15(18)9-13)19-23(21,22)10-12-5-3-2-4-6-12/h7-9,11-12,16,19-20H,2-6,10H2,1H3. The molecule has 4 nitrogen and oxygen atoms in total. The molecule has 1 aliphatic carbocycles. The van der Waals surface area contributed by atoms with Crippen LogP contribution in [0.4, 0.5) is 8.78 Å². The Bertz CT molecular complexity index is 630. The van der Waals surface area contributed by atoms with Gasteiger partial charge in [0.15, 0.2) is 11.6 Å². The Morgan fingerprint density at radius 2 is 1.87 bits per heavy atom. The Balaban J connectivity index is 1.98. The smallest absolute Gasteiger partial charge is 0.212 e. The van der Waals surface area contributed by atoms with Gasteiger partial charge in [-0.25, -0.2) is 21.9 Å². The largest absolute Gasteiger partial charge is 0.387 e. The fourth-order valence-corrected chi connectivity index (χ4v) is 4.79. The maximum atomic E-state index is 13.2. The van der Waals surface area contributed by atoms with E-state index in [9.17, 15) is 22.3 Å². The minimum atomic E-state index is -3.53. The predicted octanol–water partition coefficient (Wildman–Crippen LogP) is 2.89. The highest BCUT2D eigenvalue weighted by Crippen LogP contribution is 2.25. The van der Waals surface area contributed by atoms with Crippen molar-refractivity contribution in [1.29, 1.82) is 0 Å². The third-order valence-electron chi connectivity index (χ3n) is 4.30. The average Bonchev–Trinajstić information content (AvgIpc) is 2.49. The van der Waals surface area contributed by atoms with Crippen LogP contribution in [0.25, 0.3) is 0 Å². The summed E-state index contributed by atoms with van der Waals surface area (Å²) in [5, 5.41) is 10.2. The van der Waals surface area contributed by atoms with E-state index in [2.05, 4.69) is 4.72 Å². The fraction of sp³-hybridized carbons (Fsp3) is 0.625. The number of sulfonamides is 1. The number of aliphatic hydroxyl groups is 1. The molecule has 0 amide bonds. The van der Waals surface area contributed by atoms with Gasteiger partial charge < -0.3 is 5.11 Å². The van der Waals surface area contributed by atoms with Crippen molar-refractivity contribution in [2.75, 3.05) is 5.75 Å². The van der Waals surface area contributed by atoms with Crippen LogP contribution < -0.4 is 4.72 Å². The van der Waals surface area contributed by atoms with Gasteiger partial charge in [-0.3, -0.25) is 0 Å². The molecular formula is C16H23F2NO3S. The molecule has 1 aromatic carbocycles. The van der Waals surface area contributed by atoms with Crippen molar-refractivity contribution in [2.24, 2.45) is 5.92 Å². The van der Waals surface area contributed by atoms with Crippen LogP contribution in [0.2, 0.25) is 0 Å². The molecule has 2 rings (SSSR count). The SMILES string of the molecule is CC(NS(=O)(=O)CC1CCCCC1)C(O)c1ccc(F)c(F)c1. The Morgan fingerprint density at radius 3 is 2.48 bits per heavy atom. The highest BCUT2D eigenvalue weighted by molar-refractivity contribution is 7.89. The number of hydrogen-bond acceptors (Lipinski definition) is 3. The zero-order chi connectivity index (χ0) is 17.0. The minimum Gasteiger partial charge on any atom is -0.387 e. The van der Waals surface area contributed by atoms with E-state index in [0.29, 0.717) is 0 Å². The second kappa shape index (κ2) is 7.68. The van der Waals surface area contributed by atoms with E-state index in [-0.39, 0.29) is 17.2 Å². The van der Waals surface area contributed by atoms with Crippen LogP contribution in [-0.2, 0) is 10.0 Å². The fourth-order valence-electron chi connectivity index (χ4n) is 3.04. The molecule has 1 saturated carbocycles. The molecule has 23 heavy (non-hydrogen) atoms. The second-order valence-electron chi connectivity index (χ2n) is 6.31. The van der Waals surface area contributed by atoms with E-state index >= 15 is 0 Å². The van der Waals surface area contributed by atoms with Gasteiger partial charge in [0, 0.05) is 6.04 Å². The Labute approximate surface area is 136 Å². The third-order valence-corrected chi connectivity index (χ3v) is 5.95. The first-order valence-electron chi connectivity index (χ1n) is 7.91. The van der Waals surface area contributed by atoms with E-state index in [1.807, 2.05) is 0 Å². The molecular weight excluding hydrogens is 324 g/mol. The second-order valence-corrected chi connectivity index (χ2v) is 8.11. The van der Waals surface area contributed by atoms with Crippen LogP contribution in [0.5, 0.6) is 0 Å². The molecule has 1 fully saturated rings. The summed E-state index contributed by atoms with van der Waals surface area (Å²) >= 11 is 0. The molecule has 0 aromatic heterocycles. The molecule has 2 atom stereocenters. The van der Waals surface area contributed by atoms with Gasteiger partial charge in [0.2, 0.25) is 10.0 Å².